The summed E-state index contributed by atoms with van der Waals surface area (Å²) in [6.07, 6.45) is 10.2. The molecule has 0 bridgehead atoms. The van der Waals surface area contributed by atoms with Crippen molar-refractivity contribution in [3.63, 3.8) is 0 Å². The molecule has 3 saturated carbocycles. The Labute approximate surface area is 139 Å². The smallest absolute Gasteiger partial charge is 0.119 e. The maximum atomic E-state index is 14.1. The summed E-state index contributed by atoms with van der Waals surface area (Å²) in [6, 6.07) is 1.83. The second-order valence-electron chi connectivity index (χ2n) is 8.11. The fourth-order valence-corrected chi connectivity index (χ4v) is 5.58. The van der Waals surface area contributed by atoms with Crippen LogP contribution >= 0.6 is 0 Å². The first kappa shape index (κ1) is 16.9. The summed E-state index contributed by atoms with van der Waals surface area (Å²) in [6.45, 7) is 2.10. The number of hydrogen-bond donors (Lipinski definition) is 0. The highest BCUT2D eigenvalue weighted by molar-refractivity contribution is 5.01. The van der Waals surface area contributed by atoms with Crippen LogP contribution in [0.5, 0.6) is 0 Å². The van der Waals surface area contributed by atoms with E-state index in [0.717, 1.165) is 30.6 Å². The van der Waals surface area contributed by atoms with Crippen LogP contribution in [0, 0.1) is 46.8 Å². The van der Waals surface area contributed by atoms with Gasteiger partial charge in [-0.3, -0.25) is 0 Å². The molecule has 0 N–H and O–H groups in total. The number of alkyl halides is 2. The molecule has 3 heteroatoms. The number of nitrogens with zero attached hydrogens (tertiary/aromatic N) is 1. The molecule has 0 amide bonds. The zero-order chi connectivity index (χ0) is 16.4. The van der Waals surface area contributed by atoms with Crippen molar-refractivity contribution >= 4 is 0 Å². The Kier molecular flexibility index (Phi) is 5.39. The fourth-order valence-electron chi connectivity index (χ4n) is 5.58. The van der Waals surface area contributed by atoms with Gasteiger partial charge in [-0.25, -0.2) is 8.78 Å². The Bertz CT molecular complexity index is 457. The minimum atomic E-state index is -1.27. The lowest BCUT2D eigenvalue weighted by Crippen LogP contribution is -2.40. The van der Waals surface area contributed by atoms with E-state index < -0.39 is 18.3 Å². The highest BCUT2D eigenvalue weighted by Gasteiger charge is 2.44. The lowest BCUT2D eigenvalue weighted by Gasteiger charge is -2.45. The predicted octanol–water partition coefficient (Wildman–Crippen LogP) is 5.62. The number of hydrogen-bond acceptors (Lipinski definition) is 1. The zero-order valence-corrected chi connectivity index (χ0v) is 14.1. The molecule has 0 aromatic heterocycles. The van der Waals surface area contributed by atoms with Gasteiger partial charge in [0.15, 0.2) is 0 Å². The summed E-state index contributed by atoms with van der Waals surface area (Å²) < 4.78 is 28.2. The summed E-state index contributed by atoms with van der Waals surface area (Å²) >= 11 is 0. The van der Waals surface area contributed by atoms with Gasteiger partial charge in [-0.2, -0.15) is 5.26 Å². The van der Waals surface area contributed by atoms with E-state index in [1.807, 2.05) is 6.07 Å². The van der Waals surface area contributed by atoms with Gasteiger partial charge in [-0.1, -0.05) is 12.2 Å². The number of halogens is 2. The van der Waals surface area contributed by atoms with Gasteiger partial charge in [-0.15, -0.1) is 0 Å². The number of allylic oxidation sites excluding steroid dienone is 2. The van der Waals surface area contributed by atoms with E-state index in [4.69, 9.17) is 5.26 Å². The van der Waals surface area contributed by atoms with Gasteiger partial charge in [0.05, 0.1) is 6.07 Å². The highest BCUT2D eigenvalue weighted by atomic mass is 19.1. The summed E-state index contributed by atoms with van der Waals surface area (Å²) in [4.78, 5) is 0. The maximum Gasteiger partial charge on any atom is 0.119 e. The van der Waals surface area contributed by atoms with Crippen molar-refractivity contribution in [2.75, 3.05) is 0 Å². The van der Waals surface area contributed by atoms with Gasteiger partial charge >= 0.3 is 0 Å². The average molecular weight is 321 g/mol. The maximum absolute atomic E-state index is 14.1. The highest BCUT2D eigenvalue weighted by Crippen LogP contribution is 2.49. The SMILES string of the molecule is CC=CC1CCC2CC(C3CC(F)C(C#N)C(F)C3)CCC2C1. The van der Waals surface area contributed by atoms with E-state index in [9.17, 15) is 8.78 Å². The van der Waals surface area contributed by atoms with Crippen LogP contribution in [0.4, 0.5) is 8.78 Å². The molecule has 3 fully saturated rings. The molecule has 3 aliphatic carbocycles. The Balaban J connectivity index is 1.57. The van der Waals surface area contributed by atoms with Crippen molar-refractivity contribution < 1.29 is 8.78 Å². The molecular formula is C20H29F2N. The Morgan fingerprint density at radius 2 is 1.39 bits per heavy atom. The van der Waals surface area contributed by atoms with Crippen molar-refractivity contribution in [2.24, 2.45) is 35.5 Å². The van der Waals surface area contributed by atoms with Crippen LogP contribution in [0.15, 0.2) is 12.2 Å². The topological polar surface area (TPSA) is 23.8 Å². The fraction of sp³-hybridized carbons (Fsp3) is 0.850. The van der Waals surface area contributed by atoms with Crippen molar-refractivity contribution in [3.8, 4) is 6.07 Å². The molecule has 0 aliphatic heterocycles. The summed E-state index contributed by atoms with van der Waals surface area (Å²) in [5, 5.41) is 8.92. The molecule has 0 saturated heterocycles. The van der Waals surface area contributed by atoms with Crippen LogP contribution in [0.2, 0.25) is 0 Å². The monoisotopic (exact) mass is 321 g/mol. The Morgan fingerprint density at radius 1 is 0.826 bits per heavy atom. The molecule has 6 atom stereocenters. The molecule has 128 valence electrons. The van der Waals surface area contributed by atoms with Crippen LogP contribution in [-0.4, -0.2) is 12.3 Å². The van der Waals surface area contributed by atoms with Crippen LogP contribution < -0.4 is 0 Å². The third kappa shape index (κ3) is 3.62. The first-order chi connectivity index (χ1) is 11.1. The van der Waals surface area contributed by atoms with Gasteiger partial charge < -0.3 is 0 Å². The summed E-state index contributed by atoms with van der Waals surface area (Å²) in [7, 11) is 0. The minimum Gasteiger partial charge on any atom is -0.246 e. The summed E-state index contributed by atoms with van der Waals surface area (Å²) in [5.74, 6) is 1.93. The van der Waals surface area contributed by atoms with Crippen LogP contribution in [0.25, 0.3) is 0 Å². The lowest BCUT2D eigenvalue weighted by molar-refractivity contribution is 0.0165. The van der Waals surface area contributed by atoms with Gasteiger partial charge in [0.1, 0.15) is 18.3 Å². The second kappa shape index (κ2) is 7.32. The third-order valence-corrected chi connectivity index (χ3v) is 6.81. The second-order valence-corrected chi connectivity index (χ2v) is 8.11. The van der Waals surface area contributed by atoms with E-state index in [1.165, 1.54) is 25.7 Å². The van der Waals surface area contributed by atoms with Crippen LogP contribution in [0.1, 0.15) is 58.3 Å². The molecule has 1 nitrogen and oxygen atoms in total. The van der Waals surface area contributed by atoms with Crippen molar-refractivity contribution in [1.29, 1.82) is 5.26 Å². The number of fused-ring (bicyclic) bond motifs is 1. The first-order valence-electron chi connectivity index (χ1n) is 9.43. The molecule has 0 aromatic rings. The molecule has 0 radical (unpaired) electrons. The molecular weight excluding hydrogens is 292 g/mol. The van der Waals surface area contributed by atoms with Gasteiger partial charge in [0.2, 0.25) is 0 Å². The molecule has 3 rings (SSSR count). The summed E-state index contributed by atoms with van der Waals surface area (Å²) in [5.41, 5.74) is 0. The predicted molar refractivity (Wildman–Crippen MR) is 88.1 cm³/mol. The van der Waals surface area contributed by atoms with E-state index in [1.54, 1.807) is 0 Å². The van der Waals surface area contributed by atoms with Gasteiger partial charge in [0, 0.05) is 0 Å². The number of nitriles is 1. The Hall–Kier alpha value is -0.910. The van der Waals surface area contributed by atoms with E-state index in [-0.39, 0.29) is 5.92 Å². The zero-order valence-electron chi connectivity index (χ0n) is 14.1. The standard InChI is InChI=1S/C20H29F2N/c1-2-3-13-4-5-15-9-16(7-6-14(15)8-13)17-10-19(21)18(12-23)20(22)11-17/h2-3,13-20H,4-11H2,1H3. The molecule has 0 spiro atoms. The number of rotatable bonds is 2. The van der Waals surface area contributed by atoms with E-state index in [0.29, 0.717) is 18.8 Å². The lowest BCUT2D eigenvalue weighted by atomic mass is 9.60. The first-order valence-corrected chi connectivity index (χ1v) is 9.43. The van der Waals surface area contributed by atoms with E-state index >= 15 is 0 Å². The quantitative estimate of drug-likeness (QED) is 0.605. The molecule has 0 aromatic carbocycles. The normalized spacial score (nSPS) is 47.9. The van der Waals surface area contributed by atoms with Crippen molar-refractivity contribution in [2.45, 2.75) is 70.6 Å². The van der Waals surface area contributed by atoms with Crippen LogP contribution in [-0.2, 0) is 0 Å². The van der Waals surface area contributed by atoms with E-state index in [2.05, 4.69) is 19.1 Å². The van der Waals surface area contributed by atoms with Crippen LogP contribution in [0.3, 0.4) is 0 Å². The minimum absolute atomic E-state index is 0.152. The Morgan fingerprint density at radius 3 is 2.00 bits per heavy atom. The third-order valence-electron chi connectivity index (χ3n) is 6.81. The van der Waals surface area contributed by atoms with Crippen molar-refractivity contribution in [1.82, 2.24) is 0 Å². The molecule has 6 unspecified atom stereocenters. The molecule has 23 heavy (non-hydrogen) atoms. The van der Waals surface area contributed by atoms with Crippen molar-refractivity contribution in [3.05, 3.63) is 12.2 Å². The van der Waals surface area contributed by atoms with Gasteiger partial charge in [0.25, 0.3) is 0 Å². The molecule has 3 aliphatic rings. The average Bonchev–Trinajstić information content (AvgIpc) is 2.54. The largest absolute Gasteiger partial charge is 0.246 e. The van der Waals surface area contributed by atoms with Gasteiger partial charge in [-0.05, 0) is 87.9 Å². The molecule has 0 heterocycles.